The summed E-state index contributed by atoms with van der Waals surface area (Å²) in [6, 6.07) is 7.43. The highest BCUT2D eigenvalue weighted by Gasteiger charge is 2.45. The number of aromatic hydroxyl groups is 2. The minimum absolute atomic E-state index is 0.0360. The van der Waals surface area contributed by atoms with Gasteiger partial charge in [-0.15, -0.1) is 0 Å². The molecule has 2 aromatic carbocycles. The van der Waals surface area contributed by atoms with E-state index in [1.165, 1.54) is 18.2 Å². The van der Waals surface area contributed by atoms with Gasteiger partial charge in [-0.2, -0.15) is 0 Å². The van der Waals surface area contributed by atoms with Crippen LogP contribution in [-0.2, 0) is 9.47 Å². The van der Waals surface area contributed by atoms with Gasteiger partial charge < -0.3 is 59.8 Å². The molecule has 2 saturated heterocycles. The molecule has 0 aromatic heterocycles. The van der Waals surface area contributed by atoms with Gasteiger partial charge in [-0.05, 0) is 24.6 Å². The number of hydrogen-bond donors (Lipinski definition) is 8. The molecular formula is C27H32O13. The summed E-state index contributed by atoms with van der Waals surface area (Å²) in [5, 5.41) is 81.1. The van der Waals surface area contributed by atoms with Crippen molar-refractivity contribution < 1.29 is 64.6 Å². The second-order valence-corrected chi connectivity index (χ2v) is 10.3. The maximum absolute atomic E-state index is 13.1. The van der Waals surface area contributed by atoms with Crippen molar-refractivity contribution in [1.82, 2.24) is 0 Å². The molecule has 0 bridgehead atoms. The van der Waals surface area contributed by atoms with Gasteiger partial charge in [0.25, 0.3) is 0 Å². The molecule has 2 aromatic rings. The molecule has 0 spiro atoms. The number of phenols is 2. The van der Waals surface area contributed by atoms with Gasteiger partial charge in [0.1, 0.15) is 65.2 Å². The second kappa shape index (κ2) is 11.1. The average molecular weight is 565 g/mol. The maximum atomic E-state index is 13.1. The number of benzene rings is 2. The molecule has 0 aliphatic carbocycles. The fourth-order valence-corrected chi connectivity index (χ4v) is 5.29. The van der Waals surface area contributed by atoms with E-state index in [9.17, 15) is 45.6 Å². The molecule has 3 aliphatic rings. The van der Waals surface area contributed by atoms with E-state index < -0.39 is 85.1 Å². The van der Waals surface area contributed by atoms with Crippen molar-refractivity contribution in [2.75, 3.05) is 6.61 Å². The Labute approximate surface area is 228 Å². The van der Waals surface area contributed by atoms with Crippen LogP contribution in [0.4, 0.5) is 0 Å². The molecule has 1 unspecified atom stereocenters. The van der Waals surface area contributed by atoms with Crippen molar-refractivity contribution in [2.24, 2.45) is 0 Å². The quantitative estimate of drug-likeness (QED) is 0.231. The number of rotatable bonds is 5. The van der Waals surface area contributed by atoms with E-state index in [-0.39, 0.29) is 35.5 Å². The summed E-state index contributed by atoms with van der Waals surface area (Å²) in [4.78, 5) is 13.1. The van der Waals surface area contributed by atoms with E-state index in [0.29, 0.717) is 5.56 Å². The third-order valence-corrected chi connectivity index (χ3v) is 7.59. The average Bonchev–Trinajstić information content (AvgIpc) is 2.91. The van der Waals surface area contributed by atoms with Crippen molar-refractivity contribution >= 4 is 5.78 Å². The number of Topliss-reactive ketones (excluding diaryl/α,β-unsaturated/α-hetero) is 1. The predicted octanol–water partition coefficient (Wildman–Crippen LogP) is -0.445. The van der Waals surface area contributed by atoms with Gasteiger partial charge in [0, 0.05) is 12.5 Å². The molecule has 0 radical (unpaired) electrons. The minimum Gasteiger partial charge on any atom is -0.507 e. The zero-order valence-corrected chi connectivity index (χ0v) is 21.4. The molecule has 3 aliphatic heterocycles. The van der Waals surface area contributed by atoms with E-state index in [4.69, 9.17) is 18.9 Å². The maximum Gasteiger partial charge on any atom is 0.229 e. The van der Waals surface area contributed by atoms with Gasteiger partial charge in [-0.1, -0.05) is 12.1 Å². The van der Waals surface area contributed by atoms with Gasteiger partial charge >= 0.3 is 0 Å². The summed E-state index contributed by atoms with van der Waals surface area (Å²) >= 11 is 0. The molecule has 0 saturated carbocycles. The number of hydrogen-bond acceptors (Lipinski definition) is 13. The van der Waals surface area contributed by atoms with Gasteiger partial charge in [-0.25, -0.2) is 0 Å². The van der Waals surface area contributed by atoms with E-state index in [0.717, 1.165) is 0 Å². The largest absolute Gasteiger partial charge is 0.507 e. The number of fused-ring (bicyclic) bond motifs is 1. The summed E-state index contributed by atoms with van der Waals surface area (Å²) in [6.45, 7) is 0.953. The highest BCUT2D eigenvalue weighted by molar-refractivity contribution is 6.03. The Bertz CT molecular complexity index is 1220. The van der Waals surface area contributed by atoms with Gasteiger partial charge in [0.05, 0.1) is 36.9 Å². The molecule has 40 heavy (non-hydrogen) atoms. The molecule has 13 heteroatoms. The van der Waals surface area contributed by atoms with Crippen molar-refractivity contribution in [3.05, 3.63) is 47.0 Å². The van der Waals surface area contributed by atoms with Gasteiger partial charge in [-0.3, -0.25) is 4.79 Å². The first-order valence-corrected chi connectivity index (χ1v) is 12.9. The van der Waals surface area contributed by atoms with Crippen LogP contribution in [0, 0.1) is 0 Å². The van der Waals surface area contributed by atoms with E-state index in [1.807, 2.05) is 0 Å². The Morgan fingerprint density at radius 2 is 1.62 bits per heavy atom. The lowest BCUT2D eigenvalue weighted by Crippen LogP contribution is -2.60. The van der Waals surface area contributed by atoms with Crippen LogP contribution >= 0.6 is 0 Å². The van der Waals surface area contributed by atoms with Crippen LogP contribution in [0.3, 0.4) is 0 Å². The lowest BCUT2D eigenvalue weighted by Gasteiger charge is -2.39. The molecule has 0 amide bonds. The first kappa shape index (κ1) is 28.5. The lowest BCUT2D eigenvalue weighted by molar-refractivity contribution is -0.277. The van der Waals surface area contributed by atoms with Crippen LogP contribution in [0.5, 0.6) is 23.0 Å². The highest BCUT2D eigenvalue weighted by atomic mass is 16.7. The number of carbonyl (C=O) groups excluding carboxylic acids is 1. The molecule has 8 N–H and O–H groups in total. The highest BCUT2D eigenvalue weighted by Crippen LogP contribution is 2.49. The summed E-state index contributed by atoms with van der Waals surface area (Å²) in [6.07, 6.45) is -12.2. The second-order valence-electron chi connectivity index (χ2n) is 10.3. The van der Waals surface area contributed by atoms with Crippen LogP contribution in [0.2, 0.25) is 0 Å². The van der Waals surface area contributed by atoms with Crippen molar-refractivity contribution in [2.45, 2.75) is 81.0 Å². The first-order valence-electron chi connectivity index (χ1n) is 12.9. The molecule has 2 fully saturated rings. The molecule has 10 atom stereocenters. The summed E-state index contributed by atoms with van der Waals surface area (Å²) in [5.74, 6) is -1.16. The van der Waals surface area contributed by atoms with Crippen LogP contribution < -0.4 is 9.47 Å². The number of ether oxygens (including phenoxy) is 4. The van der Waals surface area contributed by atoms with Gasteiger partial charge in [0.2, 0.25) is 6.29 Å². The Kier molecular flexibility index (Phi) is 7.92. The summed E-state index contributed by atoms with van der Waals surface area (Å²) in [7, 11) is 0. The molecular weight excluding hydrogens is 532 g/mol. The third-order valence-electron chi connectivity index (χ3n) is 7.59. The van der Waals surface area contributed by atoms with Crippen LogP contribution in [0.15, 0.2) is 30.3 Å². The van der Waals surface area contributed by atoms with Crippen LogP contribution in [-0.4, -0.2) is 102 Å². The molecule has 5 rings (SSSR count). The van der Waals surface area contributed by atoms with Crippen LogP contribution in [0.1, 0.15) is 53.5 Å². The SMILES string of the molecule is C[C@H]1O[C@@H](c2c(O)cc3c(c2O)C(=O)CC(c2ccc(O[C@@H]4O[C@H](CO)[C@@H](O)[C@H](O)[C@H]4O)cc2)O3)C[C@@H](O)[C@H]1O. The van der Waals surface area contributed by atoms with Crippen LogP contribution in [0.25, 0.3) is 0 Å². The fraction of sp³-hybridized carbons (Fsp3) is 0.519. The monoisotopic (exact) mass is 564 g/mol. The Morgan fingerprint density at radius 3 is 2.27 bits per heavy atom. The van der Waals surface area contributed by atoms with Crippen molar-refractivity contribution in [1.29, 1.82) is 0 Å². The zero-order valence-electron chi connectivity index (χ0n) is 21.4. The van der Waals surface area contributed by atoms with Gasteiger partial charge in [0.15, 0.2) is 5.78 Å². The Balaban J connectivity index is 1.32. The number of carbonyl (C=O) groups is 1. The normalized spacial score (nSPS) is 36.0. The number of aliphatic hydroxyl groups excluding tert-OH is 6. The zero-order chi connectivity index (χ0) is 28.9. The number of ketones is 1. The van der Waals surface area contributed by atoms with E-state index >= 15 is 0 Å². The van der Waals surface area contributed by atoms with E-state index in [2.05, 4.69) is 0 Å². The summed E-state index contributed by atoms with van der Waals surface area (Å²) < 4.78 is 22.6. The Morgan fingerprint density at radius 1 is 0.925 bits per heavy atom. The molecule has 218 valence electrons. The summed E-state index contributed by atoms with van der Waals surface area (Å²) in [5.41, 5.74) is 0.370. The lowest BCUT2D eigenvalue weighted by atomic mass is 9.89. The van der Waals surface area contributed by atoms with Crippen molar-refractivity contribution in [3.63, 3.8) is 0 Å². The predicted molar refractivity (Wildman–Crippen MR) is 133 cm³/mol. The number of aliphatic hydroxyl groups is 6. The minimum atomic E-state index is -1.59. The molecule has 3 heterocycles. The number of phenolic OH excluding ortho intramolecular Hbond substituents is 2. The standard InChI is InChI=1S/C27H32O13/c1-10-22(32)15(31)8-17(37-10)20-14(30)7-18-21(24(20)34)13(29)6-16(39-18)11-2-4-12(5-3-11)38-27-26(36)25(35)23(33)19(9-28)40-27/h2-5,7,10,15-17,19,22-23,25-28,30-36H,6,8-9H2,1H3/t10-,15-,16?,17-,19-,22+,23-,25+,26-,27-/m1/s1. The third kappa shape index (κ3) is 5.10. The Hall–Kier alpha value is -3.01. The fourth-order valence-electron chi connectivity index (χ4n) is 5.29. The topological polar surface area (TPSA) is 216 Å². The molecule has 13 nitrogen and oxygen atoms in total. The van der Waals surface area contributed by atoms with Crippen molar-refractivity contribution in [3.8, 4) is 23.0 Å². The smallest absolute Gasteiger partial charge is 0.229 e. The van der Waals surface area contributed by atoms with E-state index in [1.54, 1.807) is 19.1 Å². The first-order chi connectivity index (χ1) is 19.0.